The monoisotopic (exact) mass is 269 g/mol. The molecule has 0 heterocycles. The molecule has 1 rings (SSSR count). The van der Waals surface area contributed by atoms with E-state index in [9.17, 15) is 4.79 Å². The number of hydrogen-bond donors (Lipinski definition) is 2. The number of carbonyl (C=O) groups is 1. The van der Waals surface area contributed by atoms with E-state index < -0.39 is 5.54 Å². The zero-order chi connectivity index (χ0) is 14.5. The maximum absolute atomic E-state index is 11.9. The summed E-state index contributed by atoms with van der Waals surface area (Å²) in [6, 6.07) is 0.996. The molecule has 0 radical (unpaired) electrons. The van der Waals surface area contributed by atoms with Crippen LogP contribution in [0.5, 0.6) is 0 Å². The molecule has 1 fully saturated rings. The molecule has 19 heavy (non-hydrogen) atoms. The van der Waals surface area contributed by atoms with Crippen LogP contribution in [0, 0.1) is 0 Å². The van der Waals surface area contributed by atoms with Crippen molar-refractivity contribution in [2.75, 3.05) is 13.1 Å². The summed E-state index contributed by atoms with van der Waals surface area (Å²) in [5.41, 5.74) is 5.19. The molecule has 1 aliphatic carbocycles. The highest BCUT2D eigenvalue weighted by Gasteiger charge is 2.42. The molecule has 0 aliphatic heterocycles. The Morgan fingerprint density at radius 3 is 2.63 bits per heavy atom. The smallest absolute Gasteiger partial charge is 0.237 e. The summed E-state index contributed by atoms with van der Waals surface area (Å²) < 4.78 is 0. The molecule has 0 spiro atoms. The third-order valence-electron chi connectivity index (χ3n) is 4.33. The maximum atomic E-state index is 11.9. The summed E-state index contributed by atoms with van der Waals surface area (Å²) in [6.45, 7) is 10.6. The molecule has 0 aromatic heterocycles. The van der Waals surface area contributed by atoms with Gasteiger partial charge in [0.1, 0.15) is 0 Å². The third kappa shape index (κ3) is 3.93. The first-order valence-corrected chi connectivity index (χ1v) is 7.77. The van der Waals surface area contributed by atoms with E-state index in [2.05, 4.69) is 31.0 Å². The second-order valence-corrected chi connectivity index (χ2v) is 6.06. The van der Waals surface area contributed by atoms with E-state index >= 15 is 0 Å². The summed E-state index contributed by atoms with van der Waals surface area (Å²) in [4.78, 5) is 14.4. The fourth-order valence-electron chi connectivity index (χ4n) is 3.46. The minimum atomic E-state index is -0.488. The zero-order valence-electron chi connectivity index (χ0n) is 13.0. The minimum Gasteiger partial charge on any atom is -0.368 e. The number of primary amides is 1. The van der Waals surface area contributed by atoms with Crippen LogP contribution in [0.2, 0.25) is 0 Å². The summed E-state index contributed by atoms with van der Waals surface area (Å²) >= 11 is 0. The van der Waals surface area contributed by atoms with E-state index in [0.29, 0.717) is 12.1 Å². The molecule has 2 unspecified atom stereocenters. The van der Waals surface area contributed by atoms with Gasteiger partial charge in [-0.1, -0.05) is 13.8 Å². The molecule has 4 heteroatoms. The van der Waals surface area contributed by atoms with Crippen LogP contribution in [0.4, 0.5) is 0 Å². The van der Waals surface area contributed by atoms with Gasteiger partial charge in [0.2, 0.25) is 5.91 Å². The zero-order valence-corrected chi connectivity index (χ0v) is 13.0. The largest absolute Gasteiger partial charge is 0.368 e. The van der Waals surface area contributed by atoms with Crippen molar-refractivity contribution in [1.82, 2.24) is 10.2 Å². The van der Waals surface area contributed by atoms with Crippen molar-refractivity contribution in [3.05, 3.63) is 0 Å². The van der Waals surface area contributed by atoms with E-state index in [-0.39, 0.29) is 5.91 Å². The Bertz CT molecular complexity index is 289. The molecule has 0 aromatic carbocycles. The predicted molar refractivity (Wildman–Crippen MR) is 80.0 cm³/mol. The van der Waals surface area contributed by atoms with Gasteiger partial charge in [0.25, 0.3) is 0 Å². The van der Waals surface area contributed by atoms with Gasteiger partial charge >= 0.3 is 0 Å². The topological polar surface area (TPSA) is 58.4 Å². The Hall–Kier alpha value is -0.610. The number of likely N-dealkylation sites (N-methyl/N-ethyl adjacent to an activating group) is 1. The van der Waals surface area contributed by atoms with Gasteiger partial charge in [0.05, 0.1) is 5.54 Å². The number of nitrogens with zero attached hydrogens (tertiary/aromatic N) is 1. The van der Waals surface area contributed by atoms with E-state index in [1.54, 1.807) is 0 Å². The van der Waals surface area contributed by atoms with Gasteiger partial charge in [-0.3, -0.25) is 9.69 Å². The molecule has 0 saturated heterocycles. The molecule has 1 saturated carbocycles. The van der Waals surface area contributed by atoms with E-state index in [4.69, 9.17) is 5.73 Å². The fraction of sp³-hybridized carbons (Fsp3) is 0.933. The second kappa shape index (κ2) is 7.25. The maximum Gasteiger partial charge on any atom is 0.237 e. The van der Waals surface area contributed by atoms with Crippen LogP contribution in [0.3, 0.4) is 0 Å². The van der Waals surface area contributed by atoms with Gasteiger partial charge in [0.15, 0.2) is 0 Å². The molecular formula is C15H31N3O. The molecule has 0 bridgehead atoms. The lowest BCUT2D eigenvalue weighted by molar-refractivity contribution is -0.127. The third-order valence-corrected chi connectivity index (χ3v) is 4.33. The van der Waals surface area contributed by atoms with Gasteiger partial charge in [-0.2, -0.15) is 0 Å². The Morgan fingerprint density at radius 2 is 2.16 bits per heavy atom. The Labute approximate surface area is 118 Å². The van der Waals surface area contributed by atoms with Crippen LogP contribution < -0.4 is 11.1 Å². The lowest BCUT2D eigenvalue weighted by Crippen LogP contribution is -2.61. The van der Waals surface area contributed by atoms with Gasteiger partial charge in [0, 0.05) is 12.1 Å². The highest BCUT2D eigenvalue weighted by molar-refractivity contribution is 5.84. The van der Waals surface area contributed by atoms with Crippen LogP contribution >= 0.6 is 0 Å². The number of hydrogen-bond acceptors (Lipinski definition) is 3. The molecule has 4 nitrogen and oxygen atoms in total. The van der Waals surface area contributed by atoms with E-state index in [1.807, 2.05) is 6.92 Å². The van der Waals surface area contributed by atoms with E-state index in [0.717, 1.165) is 38.8 Å². The Balaban J connectivity index is 2.83. The highest BCUT2D eigenvalue weighted by Crippen LogP contribution is 2.32. The number of carbonyl (C=O) groups excluding carboxylic acids is 1. The fourth-order valence-corrected chi connectivity index (χ4v) is 3.46. The lowest BCUT2D eigenvalue weighted by Gasteiger charge is -2.45. The van der Waals surface area contributed by atoms with Crippen LogP contribution in [0.25, 0.3) is 0 Å². The average molecular weight is 269 g/mol. The Morgan fingerprint density at radius 1 is 1.47 bits per heavy atom. The van der Waals surface area contributed by atoms with Crippen LogP contribution in [-0.2, 0) is 4.79 Å². The number of rotatable bonds is 7. The predicted octanol–water partition coefficient (Wildman–Crippen LogP) is 1.88. The SMILES string of the molecule is CCCN(C(C)C)C1CCCC(NCC)(C(N)=O)C1. The summed E-state index contributed by atoms with van der Waals surface area (Å²) in [5.74, 6) is -0.181. The van der Waals surface area contributed by atoms with Crippen molar-refractivity contribution in [1.29, 1.82) is 0 Å². The van der Waals surface area contributed by atoms with Crippen molar-refractivity contribution in [2.24, 2.45) is 5.73 Å². The van der Waals surface area contributed by atoms with Gasteiger partial charge in [-0.15, -0.1) is 0 Å². The van der Waals surface area contributed by atoms with Gasteiger partial charge in [-0.25, -0.2) is 0 Å². The first kappa shape index (κ1) is 16.4. The molecule has 2 atom stereocenters. The first-order chi connectivity index (χ1) is 8.96. The van der Waals surface area contributed by atoms with E-state index in [1.165, 1.54) is 6.42 Å². The number of amides is 1. The van der Waals surface area contributed by atoms with Crippen LogP contribution in [0.15, 0.2) is 0 Å². The molecule has 1 amide bonds. The average Bonchev–Trinajstić information content (AvgIpc) is 2.36. The molecule has 1 aliphatic rings. The summed E-state index contributed by atoms with van der Waals surface area (Å²) in [7, 11) is 0. The molecule has 112 valence electrons. The second-order valence-electron chi connectivity index (χ2n) is 6.06. The van der Waals surface area contributed by atoms with Gasteiger partial charge in [-0.05, 0) is 59.0 Å². The first-order valence-electron chi connectivity index (χ1n) is 7.77. The number of nitrogens with two attached hydrogens (primary N) is 1. The van der Waals surface area contributed by atoms with Crippen molar-refractivity contribution in [3.63, 3.8) is 0 Å². The van der Waals surface area contributed by atoms with Crippen LogP contribution in [-0.4, -0.2) is 41.5 Å². The summed E-state index contributed by atoms with van der Waals surface area (Å²) in [6.07, 6.45) is 5.14. The Kier molecular flexibility index (Phi) is 6.27. The van der Waals surface area contributed by atoms with Crippen molar-refractivity contribution in [3.8, 4) is 0 Å². The molecule has 3 N–H and O–H groups in total. The van der Waals surface area contributed by atoms with Crippen LogP contribution in [0.1, 0.15) is 59.8 Å². The highest BCUT2D eigenvalue weighted by atomic mass is 16.1. The standard InChI is InChI=1S/C15H31N3O/c1-5-10-18(12(3)4)13-8-7-9-15(11-13,14(16)19)17-6-2/h12-13,17H,5-11H2,1-4H3,(H2,16,19). The number of nitrogens with one attached hydrogen (secondary N) is 1. The minimum absolute atomic E-state index is 0.181. The normalized spacial score (nSPS) is 28.0. The quantitative estimate of drug-likeness (QED) is 0.742. The molecule has 0 aromatic rings. The lowest BCUT2D eigenvalue weighted by atomic mass is 9.77. The van der Waals surface area contributed by atoms with Crippen molar-refractivity contribution < 1.29 is 4.79 Å². The molecular weight excluding hydrogens is 238 g/mol. The van der Waals surface area contributed by atoms with Crippen molar-refractivity contribution >= 4 is 5.91 Å². The van der Waals surface area contributed by atoms with Crippen molar-refractivity contribution in [2.45, 2.75) is 77.4 Å². The summed E-state index contributed by atoms with van der Waals surface area (Å²) in [5, 5.41) is 3.36. The van der Waals surface area contributed by atoms with Gasteiger partial charge < -0.3 is 11.1 Å².